The summed E-state index contributed by atoms with van der Waals surface area (Å²) in [5, 5.41) is 6.27. The van der Waals surface area contributed by atoms with E-state index in [4.69, 9.17) is 10.2 Å². The van der Waals surface area contributed by atoms with E-state index in [1.165, 1.54) is 23.9 Å². The number of benzene rings is 2. The summed E-state index contributed by atoms with van der Waals surface area (Å²) in [6.07, 6.45) is 16.4. The number of halogens is 1. The van der Waals surface area contributed by atoms with Crippen molar-refractivity contribution in [2.45, 2.75) is 51.6 Å². The highest BCUT2D eigenvalue weighted by Crippen LogP contribution is 2.49. The van der Waals surface area contributed by atoms with Crippen molar-refractivity contribution in [2.24, 2.45) is 12.8 Å². The number of hydrogen-bond acceptors (Lipinski definition) is 13. The van der Waals surface area contributed by atoms with E-state index < -0.39 is 31.8 Å². The number of carbonyl (C=O) groups is 1. The molecular weight excluding hydrogens is 828 g/mol. The molecule has 60 heavy (non-hydrogen) atoms. The molecule has 2 aromatic carbocycles. The van der Waals surface area contributed by atoms with Gasteiger partial charge in [-0.2, -0.15) is 18.7 Å². The summed E-state index contributed by atoms with van der Waals surface area (Å²) >= 11 is 1.19. The quantitative estimate of drug-likeness (QED) is 0.154. The molecule has 318 valence electrons. The van der Waals surface area contributed by atoms with Crippen LogP contribution in [0.2, 0.25) is 0 Å². The molecule has 5 aromatic heterocycles. The van der Waals surface area contributed by atoms with Crippen molar-refractivity contribution in [3.63, 3.8) is 0 Å². The van der Waals surface area contributed by atoms with E-state index >= 15 is 0 Å². The number of oxazole rings is 1. The van der Waals surface area contributed by atoms with Crippen LogP contribution in [0.5, 0.6) is 0 Å². The molecule has 2 aliphatic rings. The van der Waals surface area contributed by atoms with Gasteiger partial charge in [0, 0.05) is 30.5 Å². The first kappa shape index (κ1) is 41.4. The second-order valence-electron chi connectivity index (χ2n) is 16.7. The van der Waals surface area contributed by atoms with Gasteiger partial charge >= 0.3 is 11.4 Å². The maximum atomic E-state index is 14.2. The number of rotatable bonds is 7. The average Bonchev–Trinajstić information content (AvgIpc) is 3.86. The third-order valence-electron chi connectivity index (χ3n) is 11.6. The van der Waals surface area contributed by atoms with Gasteiger partial charge in [0.1, 0.15) is 22.4 Å². The highest BCUT2D eigenvalue weighted by molar-refractivity contribution is 8.33. The number of anilines is 4. The SMILES string of the molecule is Cc1cc(C(N)=O)c(F)cc1Nc1ncc2c(n1)n(C1CCS(C)(C)CC1)c(=O)n2C.Cc1cc2nsnc2cc1Nc1ncc2oc(=O)n(C3CCS(C)(C)CC3)c2n1. The van der Waals surface area contributed by atoms with Gasteiger partial charge in [-0.1, -0.05) is 0 Å². The monoisotopic (exact) mass is 876 g/mol. The zero-order valence-electron chi connectivity index (χ0n) is 34.6. The van der Waals surface area contributed by atoms with Crippen LogP contribution in [-0.4, -0.2) is 96.3 Å². The van der Waals surface area contributed by atoms with Gasteiger partial charge in [0.2, 0.25) is 11.9 Å². The number of carbonyl (C=O) groups excluding carboxylic acids is 1. The largest absolute Gasteiger partial charge is 0.421 e. The summed E-state index contributed by atoms with van der Waals surface area (Å²) in [6.45, 7) is 3.73. The molecule has 0 spiro atoms. The number of primary amides is 1. The third kappa shape index (κ3) is 8.23. The minimum atomic E-state index is -0.824. The molecule has 0 unspecified atom stereocenters. The Labute approximate surface area is 352 Å². The summed E-state index contributed by atoms with van der Waals surface area (Å²) in [6, 6.07) is 6.76. The second kappa shape index (κ2) is 15.9. The Morgan fingerprint density at radius 2 is 1.33 bits per heavy atom. The minimum Gasteiger partial charge on any atom is -0.404 e. The van der Waals surface area contributed by atoms with Gasteiger partial charge in [0.05, 0.1) is 29.7 Å². The van der Waals surface area contributed by atoms with Crippen LogP contribution >= 0.6 is 31.8 Å². The van der Waals surface area contributed by atoms with Crippen molar-refractivity contribution < 1.29 is 13.6 Å². The molecule has 2 saturated heterocycles. The molecule has 7 heterocycles. The number of amides is 1. The number of aryl methyl sites for hydroxylation is 3. The summed E-state index contributed by atoms with van der Waals surface area (Å²) in [5.74, 6) is 3.37. The maximum Gasteiger partial charge on any atom is 0.421 e. The van der Waals surface area contributed by atoms with Crippen molar-refractivity contribution in [1.29, 1.82) is 0 Å². The van der Waals surface area contributed by atoms with E-state index in [0.717, 1.165) is 71.0 Å². The van der Waals surface area contributed by atoms with Gasteiger partial charge in [-0.15, -0.1) is 0 Å². The molecule has 0 bridgehead atoms. The van der Waals surface area contributed by atoms with Crippen LogP contribution in [0.3, 0.4) is 0 Å². The zero-order chi connectivity index (χ0) is 42.7. The van der Waals surface area contributed by atoms with Gasteiger partial charge in [-0.25, -0.2) is 44.0 Å². The summed E-state index contributed by atoms with van der Waals surface area (Å²) in [5.41, 5.74) is 11.8. The molecular formula is C40H49FN12O4S3. The molecule has 0 saturated carbocycles. The number of nitrogens with zero attached hydrogens (tertiary/aromatic N) is 9. The Morgan fingerprint density at radius 3 is 1.95 bits per heavy atom. The van der Waals surface area contributed by atoms with E-state index in [1.54, 1.807) is 40.1 Å². The van der Waals surface area contributed by atoms with Crippen LogP contribution in [0.4, 0.5) is 27.7 Å². The van der Waals surface area contributed by atoms with Crippen molar-refractivity contribution >= 4 is 94.4 Å². The van der Waals surface area contributed by atoms with Gasteiger partial charge in [-0.3, -0.25) is 18.5 Å². The maximum absolute atomic E-state index is 14.2. The van der Waals surface area contributed by atoms with Crippen LogP contribution in [0.15, 0.2) is 50.7 Å². The lowest BCUT2D eigenvalue weighted by atomic mass is 10.1. The summed E-state index contributed by atoms with van der Waals surface area (Å²) < 4.78 is 33.3. The number of hydrogen-bond donors (Lipinski definition) is 3. The standard InChI is InChI=1S/C21H27FN6O2S.C19H22N6O2S2/c1-12-9-14(18(23)29)15(22)10-16(12)25-20-24-11-17-19(26-20)28(21(30)27(17)2)13-5-7-31(3,4)8-6-13;1-11-8-14-15(24-28-23-14)9-13(11)21-18-20-10-16-17(22-18)25(19(26)27-16)12-4-6-29(2,3)7-5-12/h9-11,13H,5-8H2,1-4H3,(H2,23,29)(H,24,25,26);8-10,12H,4-7H2,1-3H3,(H,20,21,22). The van der Waals surface area contributed by atoms with Crippen LogP contribution < -0.4 is 27.8 Å². The fourth-order valence-electron chi connectivity index (χ4n) is 7.89. The van der Waals surface area contributed by atoms with Crippen molar-refractivity contribution in [3.05, 3.63) is 80.2 Å². The van der Waals surface area contributed by atoms with Crippen molar-refractivity contribution in [1.82, 2.24) is 42.4 Å². The van der Waals surface area contributed by atoms with Crippen LogP contribution in [-0.2, 0) is 7.05 Å². The van der Waals surface area contributed by atoms with Crippen LogP contribution in [0, 0.1) is 19.7 Å². The van der Waals surface area contributed by atoms with E-state index in [0.29, 0.717) is 39.6 Å². The second-order valence-corrected chi connectivity index (χ2v) is 26.0. The fraction of sp³-hybridized carbons (Fsp3) is 0.425. The number of fused-ring (bicyclic) bond motifs is 3. The highest BCUT2D eigenvalue weighted by Gasteiger charge is 2.30. The minimum absolute atomic E-state index is 0.103. The van der Waals surface area contributed by atoms with Gasteiger partial charge in [0.25, 0.3) is 5.91 Å². The molecule has 0 radical (unpaired) electrons. The lowest BCUT2D eigenvalue weighted by Crippen LogP contribution is -2.31. The van der Waals surface area contributed by atoms with Gasteiger partial charge in [-0.05, 0) is 123 Å². The molecule has 16 nitrogen and oxygen atoms in total. The normalized spacial score (nSPS) is 17.9. The molecule has 1 amide bonds. The molecule has 20 heteroatoms. The first-order chi connectivity index (χ1) is 28.5. The number of imidazole rings is 1. The Kier molecular flexibility index (Phi) is 11.0. The lowest BCUT2D eigenvalue weighted by Gasteiger charge is -2.39. The molecule has 9 rings (SSSR count). The van der Waals surface area contributed by atoms with E-state index in [2.05, 4.69) is 64.3 Å². The first-order valence-corrected chi connectivity index (χ1v) is 25.8. The molecule has 0 atom stereocenters. The number of nitrogens with one attached hydrogen (secondary N) is 2. The van der Waals surface area contributed by atoms with Gasteiger partial charge < -0.3 is 20.8 Å². The topological polar surface area (TPSA) is 207 Å². The molecule has 4 N–H and O–H groups in total. The van der Waals surface area contributed by atoms with Crippen LogP contribution in [0.25, 0.3) is 33.4 Å². The number of nitrogens with two attached hydrogens (primary N) is 1. The Balaban J connectivity index is 0.000000167. The van der Waals surface area contributed by atoms with E-state index in [-0.39, 0.29) is 35.0 Å². The van der Waals surface area contributed by atoms with Crippen molar-refractivity contribution in [3.8, 4) is 0 Å². The molecule has 2 aliphatic heterocycles. The predicted octanol–water partition coefficient (Wildman–Crippen LogP) is 6.66. The Bertz CT molecular complexity index is 2900. The van der Waals surface area contributed by atoms with Crippen LogP contribution in [0.1, 0.15) is 59.3 Å². The number of aromatic nitrogens is 9. The first-order valence-electron chi connectivity index (χ1n) is 19.5. The highest BCUT2D eigenvalue weighted by atomic mass is 32.3. The molecule has 2 fully saturated rings. The summed E-state index contributed by atoms with van der Waals surface area (Å²) in [4.78, 5) is 54.7. The van der Waals surface area contributed by atoms with Gasteiger partial charge in [0.15, 0.2) is 16.9 Å². The van der Waals surface area contributed by atoms with Crippen molar-refractivity contribution in [2.75, 3.05) is 58.7 Å². The molecule has 0 aliphatic carbocycles. The predicted molar refractivity (Wildman–Crippen MR) is 242 cm³/mol. The lowest BCUT2D eigenvalue weighted by molar-refractivity contribution is 0.0996. The Hall–Kier alpha value is -5.34. The Morgan fingerprint density at radius 1 is 0.800 bits per heavy atom. The van der Waals surface area contributed by atoms with E-state index in [9.17, 15) is 18.8 Å². The molecule has 7 aromatic rings. The summed E-state index contributed by atoms with van der Waals surface area (Å²) in [7, 11) is 0.593. The third-order valence-corrected chi connectivity index (χ3v) is 17.5. The van der Waals surface area contributed by atoms with E-state index in [1.807, 2.05) is 19.1 Å². The zero-order valence-corrected chi connectivity index (χ0v) is 37.1. The average molecular weight is 877 g/mol. The fourth-order valence-corrected chi connectivity index (χ4v) is 12.4. The smallest absolute Gasteiger partial charge is 0.404 e.